The number of carbonyl (C=O) groups is 1. The predicted octanol–water partition coefficient (Wildman–Crippen LogP) is 3.84. The third-order valence-electron chi connectivity index (χ3n) is 5.49. The summed E-state index contributed by atoms with van der Waals surface area (Å²) in [5.74, 6) is 0. The van der Waals surface area contributed by atoms with E-state index in [1.165, 1.54) is 0 Å². The van der Waals surface area contributed by atoms with Crippen molar-refractivity contribution in [1.82, 2.24) is 14.9 Å². The van der Waals surface area contributed by atoms with Crippen LogP contribution in [0.1, 0.15) is 46.5 Å². The average Bonchev–Trinajstić information content (AvgIpc) is 3.35. The van der Waals surface area contributed by atoms with Crippen molar-refractivity contribution in [2.45, 2.75) is 69.2 Å². The van der Waals surface area contributed by atoms with Gasteiger partial charge in [-0.2, -0.15) is 0 Å². The van der Waals surface area contributed by atoms with Crippen molar-refractivity contribution >= 4 is 21.6 Å². The van der Waals surface area contributed by atoms with Crippen molar-refractivity contribution in [2.24, 2.45) is 5.41 Å². The third-order valence-corrected chi connectivity index (χ3v) is 7.76. The van der Waals surface area contributed by atoms with Crippen molar-refractivity contribution in [1.29, 1.82) is 0 Å². The molecule has 1 saturated carbocycles. The van der Waals surface area contributed by atoms with Crippen LogP contribution < -0.4 is 10.6 Å². The molecule has 1 aromatic heterocycles. The minimum absolute atomic E-state index is 0.112. The van der Waals surface area contributed by atoms with Crippen LogP contribution in [0.3, 0.4) is 0 Å². The van der Waals surface area contributed by atoms with Gasteiger partial charge in [0.15, 0.2) is 9.84 Å². The summed E-state index contributed by atoms with van der Waals surface area (Å²) in [6.45, 7) is 6.81. The zero-order valence-corrected chi connectivity index (χ0v) is 18.1. The van der Waals surface area contributed by atoms with E-state index >= 15 is 0 Å². The molecule has 3 rings (SSSR count). The molecule has 1 heterocycles. The lowest BCUT2D eigenvalue weighted by atomic mass is 9.86. The average molecular weight is 419 g/mol. The Bertz CT molecular complexity index is 910. The number of sulfone groups is 1. The number of nitrogens with zero attached hydrogens (tertiary/aromatic N) is 2. The van der Waals surface area contributed by atoms with Crippen molar-refractivity contribution in [3.63, 3.8) is 0 Å². The van der Waals surface area contributed by atoms with Gasteiger partial charge in [0, 0.05) is 24.6 Å². The molecule has 7 nitrogen and oxygen atoms in total. The summed E-state index contributed by atoms with van der Waals surface area (Å²) in [5.41, 5.74) is 0.407. The van der Waals surface area contributed by atoms with E-state index in [1.807, 2.05) is 10.8 Å². The van der Waals surface area contributed by atoms with Gasteiger partial charge in [0.25, 0.3) is 0 Å². The summed E-state index contributed by atoms with van der Waals surface area (Å²) in [4.78, 5) is 16.9. The Morgan fingerprint density at radius 1 is 1.21 bits per heavy atom. The first kappa shape index (κ1) is 21.4. The minimum Gasteiger partial charge on any atom is -0.335 e. The van der Waals surface area contributed by atoms with Gasteiger partial charge in [-0.25, -0.2) is 18.2 Å². The standard InChI is InChI=1S/C21H30N4O3S/c1-21(2,3)19(14-25-13-12-22-15-25)24-20(26)23-16-8-10-18(11-9-16)29(27,28)17-6-4-5-7-17/h8-13,15,17,19H,4-7,14H2,1-3H3,(H2,23,24,26). The van der Waals surface area contributed by atoms with Gasteiger partial charge in [0.05, 0.1) is 22.5 Å². The van der Waals surface area contributed by atoms with E-state index in [1.54, 1.807) is 36.8 Å². The lowest BCUT2D eigenvalue weighted by Crippen LogP contribution is -2.47. The van der Waals surface area contributed by atoms with E-state index < -0.39 is 9.84 Å². The Morgan fingerprint density at radius 3 is 2.41 bits per heavy atom. The first-order chi connectivity index (χ1) is 13.7. The zero-order chi connectivity index (χ0) is 21.1. The quantitative estimate of drug-likeness (QED) is 0.745. The molecule has 0 radical (unpaired) electrons. The highest BCUT2D eigenvalue weighted by Gasteiger charge is 2.30. The molecule has 0 spiro atoms. The third kappa shape index (κ3) is 5.38. The van der Waals surface area contributed by atoms with Gasteiger partial charge < -0.3 is 15.2 Å². The second kappa shape index (κ2) is 8.57. The largest absolute Gasteiger partial charge is 0.335 e. The zero-order valence-electron chi connectivity index (χ0n) is 17.3. The van der Waals surface area contributed by atoms with Gasteiger partial charge >= 0.3 is 6.03 Å². The Hall–Kier alpha value is -2.35. The number of nitrogens with one attached hydrogen (secondary N) is 2. The maximum atomic E-state index is 12.7. The molecular formula is C21H30N4O3S. The van der Waals surface area contributed by atoms with Gasteiger partial charge in [-0.3, -0.25) is 0 Å². The fourth-order valence-corrected chi connectivity index (χ4v) is 5.44. The van der Waals surface area contributed by atoms with Gasteiger partial charge in [-0.05, 0) is 42.5 Å². The van der Waals surface area contributed by atoms with E-state index in [2.05, 4.69) is 36.4 Å². The SMILES string of the molecule is CC(C)(C)C(Cn1ccnc1)NC(=O)Nc1ccc(S(=O)(=O)C2CCCC2)cc1. The number of amides is 2. The van der Waals surface area contributed by atoms with Crippen molar-refractivity contribution in [2.75, 3.05) is 5.32 Å². The number of hydrogen-bond acceptors (Lipinski definition) is 4. The first-order valence-corrected chi connectivity index (χ1v) is 11.6. The molecule has 29 heavy (non-hydrogen) atoms. The van der Waals surface area contributed by atoms with Crippen LogP contribution in [0.5, 0.6) is 0 Å². The van der Waals surface area contributed by atoms with Crippen LogP contribution in [-0.4, -0.2) is 35.3 Å². The maximum Gasteiger partial charge on any atom is 0.319 e. The molecule has 1 aliphatic rings. The number of rotatable bonds is 6. The molecular weight excluding hydrogens is 388 g/mol. The smallest absolute Gasteiger partial charge is 0.319 e. The molecule has 2 aromatic rings. The van der Waals surface area contributed by atoms with Crippen molar-refractivity contribution in [3.05, 3.63) is 43.0 Å². The summed E-state index contributed by atoms with van der Waals surface area (Å²) in [7, 11) is -3.29. The Kier molecular flexibility index (Phi) is 6.31. The minimum atomic E-state index is -3.29. The van der Waals surface area contributed by atoms with E-state index in [0.717, 1.165) is 25.7 Å². The second-order valence-corrected chi connectivity index (χ2v) is 11.0. The number of hydrogen-bond donors (Lipinski definition) is 2. The number of carbonyl (C=O) groups excluding carboxylic acids is 1. The molecule has 0 bridgehead atoms. The number of urea groups is 1. The highest BCUT2D eigenvalue weighted by atomic mass is 32.2. The fraction of sp³-hybridized carbons (Fsp3) is 0.524. The van der Waals surface area contributed by atoms with E-state index in [0.29, 0.717) is 17.1 Å². The summed E-state index contributed by atoms with van der Waals surface area (Å²) < 4.78 is 27.3. The van der Waals surface area contributed by atoms with Gasteiger partial charge in [0.1, 0.15) is 0 Å². The van der Waals surface area contributed by atoms with Crippen LogP contribution in [0.25, 0.3) is 0 Å². The van der Waals surface area contributed by atoms with Crippen molar-refractivity contribution < 1.29 is 13.2 Å². The normalized spacial score (nSPS) is 16.5. The molecule has 1 aromatic carbocycles. The van der Waals surface area contributed by atoms with Crippen LogP contribution in [0.15, 0.2) is 47.9 Å². The van der Waals surface area contributed by atoms with Crippen LogP contribution >= 0.6 is 0 Å². The lowest BCUT2D eigenvalue weighted by Gasteiger charge is -2.31. The number of anilines is 1. The van der Waals surface area contributed by atoms with E-state index in [4.69, 9.17) is 0 Å². The fourth-order valence-electron chi connectivity index (χ4n) is 3.59. The molecule has 1 atom stereocenters. The predicted molar refractivity (Wildman–Crippen MR) is 114 cm³/mol. The van der Waals surface area contributed by atoms with Crippen LogP contribution in [0.2, 0.25) is 0 Å². The highest BCUT2D eigenvalue weighted by Crippen LogP contribution is 2.30. The molecule has 158 valence electrons. The molecule has 1 aliphatic carbocycles. The molecule has 2 amide bonds. The Labute approximate surface area is 172 Å². The van der Waals surface area contributed by atoms with Crippen LogP contribution in [0.4, 0.5) is 10.5 Å². The molecule has 8 heteroatoms. The number of benzene rings is 1. The van der Waals surface area contributed by atoms with E-state index in [-0.39, 0.29) is 22.7 Å². The van der Waals surface area contributed by atoms with Crippen LogP contribution in [0, 0.1) is 5.41 Å². The monoisotopic (exact) mass is 418 g/mol. The number of imidazole rings is 1. The van der Waals surface area contributed by atoms with Gasteiger partial charge in [0.2, 0.25) is 0 Å². The molecule has 0 aliphatic heterocycles. The topological polar surface area (TPSA) is 93.1 Å². The van der Waals surface area contributed by atoms with Crippen molar-refractivity contribution in [3.8, 4) is 0 Å². The summed E-state index contributed by atoms with van der Waals surface area (Å²) in [6.07, 6.45) is 8.70. The number of aromatic nitrogens is 2. The van der Waals surface area contributed by atoms with Gasteiger partial charge in [-0.1, -0.05) is 33.6 Å². The summed E-state index contributed by atoms with van der Waals surface area (Å²) in [5, 5.41) is 5.54. The molecule has 1 unspecified atom stereocenters. The Morgan fingerprint density at radius 2 is 1.86 bits per heavy atom. The lowest BCUT2D eigenvalue weighted by molar-refractivity contribution is 0.219. The summed E-state index contributed by atoms with van der Waals surface area (Å²) in [6, 6.07) is 6.01. The van der Waals surface area contributed by atoms with Gasteiger partial charge in [-0.15, -0.1) is 0 Å². The summed E-state index contributed by atoms with van der Waals surface area (Å²) >= 11 is 0. The Balaban J connectivity index is 1.63. The second-order valence-electron chi connectivity index (χ2n) is 8.75. The first-order valence-electron chi connectivity index (χ1n) is 10.0. The van der Waals surface area contributed by atoms with Crippen LogP contribution in [-0.2, 0) is 16.4 Å². The molecule has 0 saturated heterocycles. The highest BCUT2D eigenvalue weighted by molar-refractivity contribution is 7.92. The molecule has 1 fully saturated rings. The molecule has 2 N–H and O–H groups in total. The van der Waals surface area contributed by atoms with E-state index in [9.17, 15) is 13.2 Å². The maximum absolute atomic E-state index is 12.7.